The molecule has 3 rings (SSSR count). The highest BCUT2D eigenvalue weighted by Gasteiger charge is 2.47. The van der Waals surface area contributed by atoms with Gasteiger partial charge in [0.15, 0.2) is 0 Å². The second kappa shape index (κ2) is 4.17. The van der Waals surface area contributed by atoms with Crippen molar-refractivity contribution in [1.29, 1.82) is 0 Å². The quantitative estimate of drug-likeness (QED) is 0.843. The first-order chi connectivity index (χ1) is 8.46. The van der Waals surface area contributed by atoms with E-state index in [0.717, 1.165) is 22.7 Å². The third kappa shape index (κ3) is 2.14. The number of hydrogen-bond acceptors (Lipinski definition) is 4. The SMILES string of the molecule is CC1(C)C(O)CC1Nc1cc(Br)nc(C2CC2)n1. The van der Waals surface area contributed by atoms with Crippen molar-refractivity contribution in [2.45, 2.75) is 51.2 Å². The number of halogens is 1. The van der Waals surface area contributed by atoms with Crippen LogP contribution in [0.5, 0.6) is 0 Å². The van der Waals surface area contributed by atoms with Gasteiger partial charge < -0.3 is 10.4 Å². The average molecular weight is 312 g/mol. The first-order valence-corrected chi connectivity index (χ1v) is 7.25. The lowest BCUT2D eigenvalue weighted by Crippen LogP contribution is -2.57. The molecule has 1 aromatic rings. The molecule has 0 aliphatic heterocycles. The van der Waals surface area contributed by atoms with Crippen LogP contribution in [-0.4, -0.2) is 27.2 Å². The van der Waals surface area contributed by atoms with Crippen LogP contribution in [0.1, 0.15) is 44.9 Å². The smallest absolute Gasteiger partial charge is 0.135 e. The normalized spacial score (nSPS) is 29.8. The molecule has 2 N–H and O–H groups in total. The van der Waals surface area contributed by atoms with E-state index in [-0.39, 0.29) is 17.6 Å². The standard InChI is InChI=1S/C13H18BrN3O/c1-13(2)8(5-9(13)18)15-11-6-10(14)16-12(17-11)7-3-4-7/h6-9,18H,3-5H2,1-2H3,(H,15,16,17). The van der Waals surface area contributed by atoms with Gasteiger partial charge in [0.05, 0.1) is 6.10 Å². The maximum atomic E-state index is 9.75. The summed E-state index contributed by atoms with van der Waals surface area (Å²) in [5.41, 5.74) is -0.0861. The predicted octanol–water partition coefficient (Wildman–Crippen LogP) is 2.69. The lowest BCUT2D eigenvalue weighted by Gasteiger charge is -2.49. The van der Waals surface area contributed by atoms with Gasteiger partial charge in [0.2, 0.25) is 0 Å². The van der Waals surface area contributed by atoms with Gasteiger partial charge >= 0.3 is 0 Å². The average Bonchev–Trinajstić information content (AvgIpc) is 3.11. The number of nitrogens with zero attached hydrogens (tertiary/aromatic N) is 2. The third-order valence-corrected chi connectivity index (χ3v) is 4.60. The molecule has 18 heavy (non-hydrogen) atoms. The number of aliphatic hydroxyl groups is 1. The fourth-order valence-electron chi connectivity index (χ4n) is 2.36. The van der Waals surface area contributed by atoms with Gasteiger partial charge in [-0.2, -0.15) is 0 Å². The van der Waals surface area contributed by atoms with Gasteiger partial charge in [-0.1, -0.05) is 13.8 Å². The van der Waals surface area contributed by atoms with Gasteiger partial charge in [0.25, 0.3) is 0 Å². The molecule has 0 amide bonds. The summed E-state index contributed by atoms with van der Waals surface area (Å²) in [5.74, 6) is 2.34. The summed E-state index contributed by atoms with van der Waals surface area (Å²) < 4.78 is 0.833. The van der Waals surface area contributed by atoms with Crippen LogP contribution in [0.15, 0.2) is 10.7 Å². The minimum Gasteiger partial charge on any atom is -0.392 e. The molecule has 98 valence electrons. The number of hydrogen-bond donors (Lipinski definition) is 2. The van der Waals surface area contributed by atoms with E-state index in [9.17, 15) is 5.11 Å². The Morgan fingerprint density at radius 3 is 2.67 bits per heavy atom. The summed E-state index contributed by atoms with van der Waals surface area (Å²) in [6, 6.07) is 2.19. The van der Waals surface area contributed by atoms with E-state index >= 15 is 0 Å². The maximum Gasteiger partial charge on any atom is 0.135 e. The first kappa shape index (κ1) is 12.4. The van der Waals surface area contributed by atoms with E-state index in [1.54, 1.807) is 0 Å². The molecule has 2 atom stereocenters. The van der Waals surface area contributed by atoms with Crippen molar-refractivity contribution in [1.82, 2.24) is 9.97 Å². The minimum absolute atomic E-state index is 0.0861. The van der Waals surface area contributed by atoms with Crippen LogP contribution in [0.2, 0.25) is 0 Å². The number of aromatic nitrogens is 2. The zero-order valence-electron chi connectivity index (χ0n) is 10.7. The maximum absolute atomic E-state index is 9.75. The molecule has 1 aromatic heterocycles. The van der Waals surface area contributed by atoms with Crippen molar-refractivity contribution in [2.75, 3.05) is 5.32 Å². The number of nitrogens with one attached hydrogen (secondary N) is 1. The Morgan fingerprint density at radius 2 is 2.11 bits per heavy atom. The largest absolute Gasteiger partial charge is 0.392 e. The molecule has 2 aliphatic carbocycles. The highest BCUT2D eigenvalue weighted by atomic mass is 79.9. The highest BCUT2D eigenvalue weighted by Crippen LogP contribution is 2.43. The second-order valence-corrected chi connectivity index (χ2v) is 6.79. The lowest BCUT2D eigenvalue weighted by atomic mass is 9.64. The van der Waals surface area contributed by atoms with E-state index in [1.807, 2.05) is 6.07 Å². The molecule has 5 heteroatoms. The summed E-state index contributed by atoms with van der Waals surface area (Å²) in [4.78, 5) is 8.99. The Morgan fingerprint density at radius 1 is 1.39 bits per heavy atom. The van der Waals surface area contributed by atoms with Crippen LogP contribution < -0.4 is 5.32 Å². The van der Waals surface area contributed by atoms with Crippen LogP contribution in [-0.2, 0) is 0 Å². The van der Waals surface area contributed by atoms with Crippen LogP contribution in [0.3, 0.4) is 0 Å². The van der Waals surface area contributed by atoms with Gasteiger partial charge in [-0.15, -0.1) is 0 Å². The summed E-state index contributed by atoms with van der Waals surface area (Å²) in [6.07, 6.45) is 2.96. The van der Waals surface area contributed by atoms with Crippen LogP contribution >= 0.6 is 15.9 Å². The summed E-state index contributed by atoms with van der Waals surface area (Å²) in [7, 11) is 0. The topological polar surface area (TPSA) is 58.0 Å². The molecule has 0 aromatic carbocycles. The molecule has 4 nitrogen and oxygen atoms in total. The van der Waals surface area contributed by atoms with Gasteiger partial charge in [-0.05, 0) is 35.2 Å². The molecule has 2 saturated carbocycles. The highest BCUT2D eigenvalue weighted by molar-refractivity contribution is 9.10. The van der Waals surface area contributed by atoms with Gasteiger partial charge in [0, 0.05) is 23.4 Å². The second-order valence-electron chi connectivity index (χ2n) is 5.98. The zero-order chi connectivity index (χ0) is 12.9. The number of anilines is 1. The third-order valence-electron chi connectivity index (χ3n) is 4.19. The molecule has 0 saturated heterocycles. The molecule has 0 bridgehead atoms. The Labute approximate surface area is 115 Å². The summed E-state index contributed by atoms with van der Waals surface area (Å²) >= 11 is 3.44. The molecule has 2 aliphatic rings. The monoisotopic (exact) mass is 311 g/mol. The summed E-state index contributed by atoms with van der Waals surface area (Å²) in [5, 5.41) is 13.2. The fourth-order valence-corrected chi connectivity index (χ4v) is 2.76. The van der Waals surface area contributed by atoms with Crippen molar-refractivity contribution in [3.63, 3.8) is 0 Å². The molecular weight excluding hydrogens is 294 g/mol. The number of aliphatic hydroxyl groups excluding tert-OH is 1. The lowest BCUT2D eigenvalue weighted by molar-refractivity contribution is -0.0511. The Balaban J connectivity index is 1.76. The minimum atomic E-state index is -0.219. The van der Waals surface area contributed by atoms with Gasteiger partial charge in [-0.25, -0.2) is 9.97 Å². The predicted molar refractivity (Wildman–Crippen MR) is 73.5 cm³/mol. The van der Waals surface area contributed by atoms with Gasteiger partial charge in [0.1, 0.15) is 16.2 Å². The van der Waals surface area contributed by atoms with Crippen molar-refractivity contribution >= 4 is 21.7 Å². The Bertz CT molecular complexity index is 473. The molecule has 0 spiro atoms. The molecule has 0 radical (unpaired) electrons. The first-order valence-electron chi connectivity index (χ1n) is 6.46. The Kier molecular flexibility index (Phi) is 2.86. The zero-order valence-corrected chi connectivity index (χ0v) is 12.2. The van der Waals surface area contributed by atoms with Crippen molar-refractivity contribution in [2.24, 2.45) is 5.41 Å². The van der Waals surface area contributed by atoms with E-state index in [1.165, 1.54) is 12.8 Å². The van der Waals surface area contributed by atoms with Gasteiger partial charge in [-0.3, -0.25) is 0 Å². The van der Waals surface area contributed by atoms with Crippen LogP contribution in [0.25, 0.3) is 0 Å². The van der Waals surface area contributed by atoms with Crippen molar-refractivity contribution in [3.8, 4) is 0 Å². The van der Waals surface area contributed by atoms with E-state index in [0.29, 0.717) is 5.92 Å². The van der Waals surface area contributed by atoms with Crippen molar-refractivity contribution in [3.05, 3.63) is 16.5 Å². The molecule has 2 fully saturated rings. The Hall–Kier alpha value is -0.680. The van der Waals surface area contributed by atoms with E-state index in [2.05, 4.69) is 45.1 Å². The van der Waals surface area contributed by atoms with E-state index < -0.39 is 0 Å². The fraction of sp³-hybridized carbons (Fsp3) is 0.692. The molecule has 2 unspecified atom stereocenters. The van der Waals surface area contributed by atoms with Crippen LogP contribution in [0, 0.1) is 5.41 Å². The van der Waals surface area contributed by atoms with Crippen molar-refractivity contribution < 1.29 is 5.11 Å². The molecular formula is C13H18BrN3O. The number of rotatable bonds is 3. The molecule has 1 heterocycles. The van der Waals surface area contributed by atoms with Crippen LogP contribution in [0.4, 0.5) is 5.82 Å². The summed E-state index contributed by atoms with van der Waals surface area (Å²) in [6.45, 7) is 4.16. The van der Waals surface area contributed by atoms with E-state index in [4.69, 9.17) is 0 Å².